The second-order valence-electron chi connectivity index (χ2n) is 4.91. The number of nitrogens with zero attached hydrogens (tertiary/aromatic N) is 4. The predicted octanol–water partition coefficient (Wildman–Crippen LogP) is 1.61. The summed E-state index contributed by atoms with van der Waals surface area (Å²) in [7, 11) is -6.00. The highest BCUT2D eigenvalue weighted by Gasteiger charge is 2.30. The fourth-order valence-corrected chi connectivity index (χ4v) is 1.24. The highest BCUT2D eigenvalue weighted by molar-refractivity contribution is 6.50. The summed E-state index contributed by atoms with van der Waals surface area (Å²) in [5.74, 6) is 0. The standard InChI is InChI=1S/C10H13N4O.BF4/c1-10(2,3)14-11-8-6-4-5-7-9(8)13(15)12-14;2-1(3,4)5/h4-7H,1-3H3;/q+1;-1. The van der Waals surface area contributed by atoms with E-state index in [-0.39, 0.29) is 5.54 Å². The molecule has 0 N–H and O–H groups in total. The molecule has 0 unspecified atom stereocenters. The van der Waals surface area contributed by atoms with E-state index >= 15 is 0 Å². The largest absolute Gasteiger partial charge is 0.673 e. The summed E-state index contributed by atoms with van der Waals surface area (Å²) in [6.07, 6.45) is 0. The van der Waals surface area contributed by atoms with E-state index in [1.165, 1.54) is 4.80 Å². The monoisotopic (exact) mass is 292 g/mol. The molecule has 1 aromatic heterocycles. The van der Waals surface area contributed by atoms with E-state index in [1.54, 1.807) is 18.2 Å². The smallest absolute Gasteiger partial charge is 0.590 e. The molecule has 2 rings (SSSR count). The molecule has 110 valence electrons. The van der Waals surface area contributed by atoms with Crippen LogP contribution in [0.25, 0.3) is 11.0 Å². The van der Waals surface area contributed by atoms with Gasteiger partial charge in [-0.3, -0.25) is 0 Å². The highest BCUT2D eigenvalue weighted by atomic mass is 19.5. The van der Waals surface area contributed by atoms with Crippen LogP contribution < -0.4 is 9.64 Å². The van der Waals surface area contributed by atoms with Crippen LogP contribution in [-0.2, 0) is 5.54 Å². The first-order chi connectivity index (χ1) is 8.98. The molecular formula is C10H13BF4N4O. The number of rotatable bonds is 0. The van der Waals surface area contributed by atoms with Gasteiger partial charge in [-0.1, -0.05) is 12.1 Å². The Hall–Kier alpha value is -2.00. The van der Waals surface area contributed by atoms with Gasteiger partial charge in [-0.2, -0.15) is 0 Å². The molecule has 0 saturated heterocycles. The molecule has 0 saturated carbocycles. The van der Waals surface area contributed by atoms with Gasteiger partial charge in [-0.15, -0.1) is 0 Å². The maximum atomic E-state index is 11.6. The molecule has 0 aliphatic rings. The molecule has 0 atom stereocenters. The van der Waals surface area contributed by atoms with Crippen LogP contribution >= 0.6 is 0 Å². The molecule has 20 heavy (non-hydrogen) atoms. The van der Waals surface area contributed by atoms with Crippen LogP contribution in [0.15, 0.2) is 24.3 Å². The van der Waals surface area contributed by atoms with Gasteiger partial charge in [0.1, 0.15) is 0 Å². The zero-order valence-electron chi connectivity index (χ0n) is 11.1. The zero-order chi connectivity index (χ0) is 15.6. The highest BCUT2D eigenvalue weighted by Crippen LogP contribution is 2.06. The van der Waals surface area contributed by atoms with Gasteiger partial charge in [0, 0.05) is 36.8 Å². The summed E-state index contributed by atoms with van der Waals surface area (Å²) < 4.78 is 39.0. The number of para-hydroxylation sites is 1. The summed E-state index contributed by atoms with van der Waals surface area (Å²) in [6.45, 7) is 5.84. The quantitative estimate of drug-likeness (QED) is 0.321. The molecule has 10 heteroatoms. The average Bonchev–Trinajstić information content (AvgIpc) is 2.25. The summed E-state index contributed by atoms with van der Waals surface area (Å²) in [4.78, 5) is 2.04. The van der Waals surface area contributed by atoms with Crippen molar-refractivity contribution in [2.24, 2.45) is 0 Å². The van der Waals surface area contributed by atoms with E-state index < -0.39 is 7.25 Å². The molecule has 0 fully saturated rings. The molecule has 0 spiro atoms. The van der Waals surface area contributed by atoms with Gasteiger partial charge < -0.3 is 22.5 Å². The lowest BCUT2D eigenvalue weighted by atomic mass is 10.1. The SMILES string of the molecule is CC(C)(C)[n+]1nc2ccccc2[n+]([O-])n1.F[B-](F)(F)F. The Bertz CT molecular complexity index is 594. The number of hydrogen-bond donors (Lipinski definition) is 0. The van der Waals surface area contributed by atoms with Crippen molar-refractivity contribution in [3.05, 3.63) is 29.5 Å². The molecule has 0 bridgehead atoms. The van der Waals surface area contributed by atoms with Crippen LogP contribution in [0, 0.1) is 5.21 Å². The molecule has 0 aliphatic carbocycles. The van der Waals surface area contributed by atoms with Crippen LogP contribution in [0.4, 0.5) is 17.3 Å². The van der Waals surface area contributed by atoms with E-state index in [9.17, 15) is 22.5 Å². The molecular weight excluding hydrogens is 279 g/mol. The van der Waals surface area contributed by atoms with Gasteiger partial charge in [-0.25, -0.2) is 0 Å². The summed E-state index contributed by atoms with van der Waals surface area (Å²) in [5, 5.41) is 19.7. The molecule has 1 aromatic carbocycles. The summed E-state index contributed by atoms with van der Waals surface area (Å²) >= 11 is 0. The van der Waals surface area contributed by atoms with Gasteiger partial charge in [0.2, 0.25) is 11.1 Å². The third kappa shape index (κ3) is 4.94. The average molecular weight is 292 g/mol. The maximum absolute atomic E-state index is 11.6. The lowest BCUT2D eigenvalue weighted by Gasteiger charge is -2.05. The maximum Gasteiger partial charge on any atom is 0.673 e. The number of fused-ring (bicyclic) bond motifs is 1. The topological polar surface area (TPSA) is 56.6 Å². The van der Waals surface area contributed by atoms with Crippen LogP contribution in [0.3, 0.4) is 0 Å². The fraction of sp³-hybridized carbons (Fsp3) is 0.400. The first-order valence-corrected chi connectivity index (χ1v) is 5.65. The number of aromatic nitrogens is 4. The normalized spacial score (nSPS) is 11.9. The Morgan fingerprint density at radius 1 is 1.10 bits per heavy atom. The van der Waals surface area contributed by atoms with Gasteiger partial charge in [0.15, 0.2) is 0 Å². The number of halogens is 4. The minimum absolute atomic E-state index is 0.295. The zero-order valence-corrected chi connectivity index (χ0v) is 11.1. The molecule has 0 aliphatic heterocycles. The predicted molar refractivity (Wildman–Crippen MR) is 63.9 cm³/mol. The van der Waals surface area contributed by atoms with Gasteiger partial charge in [0.05, 0.1) is 4.80 Å². The van der Waals surface area contributed by atoms with E-state index in [4.69, 9.17) is 0 Å². The van der Waals surface area contributed by atoms with Crippen molar-refractivity contribution in [1.29, 1.82) is 0 Å². The Labute approximate surface area is 112 Å². The lowest BCUT2D eigenvalue weighted by molar-refractivity contribution is -0.941. The van der Waals surface area contributed by atoms with Crippen LogP contribution in [-0.4, -0.2) is 17.6 Å². The van der Waals surface area contributed by atoms with Crippen molar-refractivity contribution in [3.8, 4) is 0 Å². The van der Waals surface area contributed by atoms with E-state index in [0.29, 0.717) is 15.9 Å². The molecule has 1 heterocycles. The van der Waals surface area contributed by atoms with Crippen molar-refractivity contribution < 1.29 is 26.9 Å². The first-order valence-electron chi connectivity index (χ1n) is 5.65. The summed E-state index contributed by atoms with van der Waals surface area (Å²) in [5.41, 5.74) is 0.839. The summed E-state index contributed by atoms with van der Waals surface area (Å²) in [6, 6.07) is 7.15. The Balaban J connectivity index is 0.000000347. The molecule has 2 aromatic rings. The van der Waals surface area contributed by atoms with Crippen molar-refractivity contribution >= 4 is 18.3 Å². The second kappa shape index (κ2) is 5.55. The third-order valence-electron chi connectivity index (χ3n) is 2.06. The van der Waals surface area contributed by atoms with Crippen molar-refractivity contribution in [2.45, 2.75) is 26.3 Å². The Morgan fingerprint density at radius 2 is 1.60 bits per heavy atom. The second-order valence-corrected chi connectivity index (χ2v) is 4.91. The Morgan fingerprint density at radius 3 is 2.10 bits per heavy atom. The molecule has 5 nitrogen and oxygen atoms in total. The van der Waals surface area contributed by atoms with Gasteiger partial charge in [0.25, 0.3) is 5.52 Å². The van der Waals surface area contributed by atoms with Crippen LogP contribution in [0.2, 0.25) is 0 Å². The van der Waals surface area contributed by atoms with Crippen molar-refractivity contribution in [1.82, 2.24) is 10.3 Å². The fourth-order valence-electron chi connectivity index (χ4n) is 1.24. The third-order valence-corrected chi connectivity index (χ3v) is 2.06. The van der Waals surface area contributed by atoms with E-state index in [2.05, 4.69) is 10.3 Å². The van der Waals surface area contributed by atoms with Gasteiger partial charge in [-0.05, 0) is 6.07 Å². The molecule has 0 radical (unpaired) electrons. The minimum atomic E-state index is -6.00. The van der Waals surface area contributed by atoms with Crippen LogP contribution in [0.1, 0.15) is 20.8 Å². The Kier molecular flexibility index (Phi) is 4.46. The van der Waals surface area contributed by atoms with Crippen LogP contribution in [0.5, 0.6) is 0 Å². The first kappa shape index (κ1) is 16.1. The lowest BCUT2D eigenvalue weighted by Crippen LogP contribution is -2.62. The van der Waals surface area contributed by atoms with Crippen molar-refractivity contribution in [3.63, 3.8) is 0 Å². The number of hydrogen-bond acceptors (Lipinski definition) is 3. The molecule has 0 amide bonds. The number of benzene rings is 1. The van der Waals surface area contributed by atoms with E-state index in [1.807, 2.05) is 26.8 Å². The minimum Gasteiger partial charge on any atom is -0.590 e. The van der Waals surface area contributed by atoms with Crippen molar-refractivity contribution in [2.75, 3.05) is 0 Å². The van der Waals surface area contributed by atoms with Gasteiger partial charge >= 0.3 is 12.5 Å². The van der Waals surface area contributed by atoms with E-state index in [0.717, 1.165) is 0 Å².